The van der Waals surface area contributed by atoms with Gasteiger partial charge in [0.05, 0.1) is 11.9 Å². The van der Waals surface area contributed by atoms with E-state index in [9.17, 15) is 30.8 Å². The molecule has 7 nitrogen and oxygen atoms in total. The van der Waals surface area contributed by atoms with Crippen LogP contribution in [0.15, 0.2) is 47.5 Å². The molecule has 0 aliphatic carbocycles. The molecule has 2 aromatic rings. The predicted molar refractivity (Wildman–Crippen MR) is 102 cm³/mol. The van der Waals surface area contributed by atoms with Gasteiger partial charge in [-0.15, -0.1) is 0 Å². The quantitative estimate of drug-likeness (QED) is 0.668. The highest BCUT2D eigenvalue weighted by atomic mass is 32.2. The van der Waals surface area contributed by atoms with E-state index in [4.69, 9.17) is 0 Å². The third kappa shape index (κ3) is 5.91. The van der Waals surface area contributed by atoms with E-state index in [0.717, 1.165) is 10.4 Å². The summed E-state index contributed by atoms with van der Waals surface area (Å²) in [4.78, 5) is 15.7. The van der Waals surface area contributed by atoms with Gasteiger partial charge in [0.1, 0.15) is 10.7 Å². The first-order valence-electron chi connectivity index (χ1n) is 9.27. The minimum absolute atomic E-state index is 0.0528. The molecule has 1 aromatic carbocycles. The molecule has 0 atom stereocenters. The standard InChI is InChI=1S/C19H19F4N3O4S/c20-15-3-1-2-4-16(15)31(28,29)26-9-7-13(8-10-26)18(27)25-14-5-6-17(24-11-14)30-12-19(21,22)23/h1-6,11,13H,7-10,12H2,(H,25,27). The highest BCUT2D eigenvalue weighted by molar-refractivity contribution is 7.89. The highest BCUT2D eigenvalue weighted by Crippen LogP contribution is 2.26. The van der Waals surface area contributed by atoms with Crippen LogP contribution in [0.3, 0.4) is 0 Å². The van der Waals surface area contributed by atoms with Crippen molar-refractivity contribution in [2.75, 3.05) is 25.0 Å². The summed E-state index contributed by atoms with van der Waals surface area (Å²) >= 11 is 0. The molecule has 1 amide bonds. The number of halogens is 4. The fourth-order valence-corrected chi connectivity index (χ4v) is 4.63. The fourth-order valence-electron chi connectivity index (χ4n) is 3.09. The zero-order valence-corrected chi connectivity index (χ0v) is 16.9. The molecule has 2 heterocycles. The van der Waals surface area contributed by atoms with Crippen LogP contribution < -0.4 is 10.1 Å². The number of ether oxygens (including phenoxy) is 1. The minimum atomic E-state index is -4.48. The number of carbonyl (C=O) groups is 1. The average Bonchev–Trinajstić information content (AvgIpc) is 2.73. The van der Waals surface area contributed by atoms with Crippen molar-refractivity contribution in [3.8, 4) is 5.88 Å². The molecule has 31 heavy (non-hydrogen) atoms. The summed E-state index contributed by atoms with van der Waals surface area (Å²) in [7, 11) is -4.00. The van der Waals surface area contributed by atoms with Crippen molar-refractivity contribution < 1.29 is 35.5 Å². The number of carbonyl (C=O) groups excluding carboxylic acids is 1. The van der Waals surface area contributed by atoms with E-state index < -0.39 is 39.4 Å². The lowest BCUT2D eigenvalue weighted by molar-refractivity contribution is -0.154. The molecule has 0 bridgehead atoms. The molecule has 1 aliphatic heterocycles. The van der Waals surface area contributed by atoms with Crippen LogP contribution in [-0.2, 0) is 14.8 Å². The van der Waals surface area contributed by atoms with Gasteiger partial charge in [0.15, 0.2) is 6.61 Å². The Morgan fingerprint density at radius 2 is 1.84 bits per heavy atom. The van der Waals surface area contributed by atoms with Crippen molar-refractivity contribution >= 4 is 21.6 Å². The second-order valence-electron chi connectivity index (χ2n) is 6.89. The second-order valence-corrected chi connectivity index (χ2v) is 8.79. The van der Waals surface area contributed by atoms with Crippen molar-refractivity contribution in [2.24, 2.45) is 5.92 Å². The molecule has 0 radical (unpaired) electrons. The van der Waals surface area contributed by atoms with E-state index in [0.29, 0.717) is 0 Å². The molecular formula is C19H19F4N3O4S. The second kappa shape index (κ2) is 9.18. The first-order chi connectivity index (χ1) is 14.6. The lowest BCUT2D eigenvalue weighted by Crippen LogP contribution is -2.41. The molecule has 1 fully saturated rings. The molecule has 0 spiro atoms. The highest BCUT2D eigenvalue weighted by Gasteiger charge is 2.33. The number of sulfonamides is 1. The molecule has 12 heteroatoms. The van der Waals surface area contributed by atoms with E-state index in [2.05, 4.69) is 15.0 Å². The van der Waals surface area contributed by atoms with Crippen LogP contribution in [0.25, 0.3) is 0 Å². The first-order valence-corrected chi connectivity index (χ1v) is 10.7. The van der Waals surface area contributed by atoms with E-state index >= 15 is 0 Å². The summed E-state index contributed by atoms with van der Waals surface area (Å²) in [5.41, 5.74) is 0.269. The van der Waals surface area contributed by atoms with Crippen molar-refractivity contribution in [3.63, 3.8) is 0 Å². The van der Waals surface area contributed by atoms with Crippen LogP contribution in [0, 0.1) is 11.7 Å². The number of hydrogen-bond acceptors (Lipinski definition) is 5. The third-order valence-corrected chi connectivity index (χ3v) is 6.60. The fraction of sp³-hybridized carbons (Fsp3) is 0.368. The van der Waals surface area contributed by atoms with Gasteiger partial charge in [-0.1, -0.05) is 12.1 Å². The summed E-state index contributed by atoms with van der Waals surface area (Å²) < 4.78 is 81.2. The van der Waals surface area contributed by atoms with Gasteiger partial charge >= 0.3 is 6.18 Å². The molecule has 0 saturated carbocycles. The van der Waals surface area contributed by atoms with Crippen LogP contribution in [0.5, 0.6) is 5.88 Å². The van der Waals surface area contributed by atoms with E-state index in [1.54, 1.807) is 0 Å². The number of anilines is 1. The maximum absolute atomic E-state index is 13.9. The number of aromatic nitrogens is 1. The number of amides is 1. The van der Waals surface area contributed by atoms with E-state index in [1.807, 2.05) is 0 Å². The van der Waals surface area contributed by atoms with Crippen LogP contribution in [0.1, 0.15) is 12.8 Å². The maximum atomic E-state index is 13.9. The van der Waals surface area contributed by atoms with Crippen LogP contribution >= 0.6 is 0 Å². The molecule has 1 saturated heterocycles. The zero-order valence-electron chi connectivity index (χ0n) is 16.1. The van der Waals surface area contributed by atoms with Crippen LogP contribution in [0.4, 0.5) is 23.2 Å². The zero-order chi connectivity index (χ0) is 22.6. The number of alkyl halides is 3. The van der Waals surface area contributed by atoms with Crippen molar-refractivity contribution in [2.45, 2.75) is 23.9 Å². The maximum Gasteiger partial charge on any atom is 0.422 e. The summed E-state index contributed by atoms with van der Waals surface area (Å²) in [6.45, 7) is -1.37. The number of benzene rings is 1. The van der Waals surface area contributed by atoms with Gasteiger partial charge in [-0.3, -0.25) is 4.79 Å². The largest absolute Gasteiger partial charge is 0.468 e. The summed E-state index contributed by atoms with van der Waals surface area (Å²) in [6, 6.07) is 7.65. The number of rotatable bonds is 6. The molecule has 0 unspecified atom stereocenters. The number of hydrogen-bond donors (Lipinski definition) is 1. The van der Waals surface area contributed by atoms with Gasteiger partial charge in [-0.2, -0.15) is 17.5 Å². The van der Waals surface area contributed by atoms with Crippen molar-refractivity contribution in [3.05, 3.63) is 48.4 Å². The smallest absolute Gasteiger partial charge is 0.422 e. The Bertz CT molecular complexity index is 1020. The number of pyridine rings is 1. The molecule has 1 N–H and O–H groups in total. The average molecular weight is 461 g/mol. The van der Waals surface area contributed by atoms with Gasteiger partial charge in [0, 0.05) is 25.1 Å². The Balaban J connectivity index is 1.54. The number of nitrogens with one attached hydrogen (secondary N) is 1. The van der Waals surface area contributed by atoms with Crippen LogP contribution in [-0.4, -0.2) is 49.5 Å². The summed E-state index contributed by atoms with van der Waals surface area (Å²) in [5, 5.41) is 2.60. The monoisotopic (exact) mass is 461 g/mol. The predicted octanol–water partition coefficient (Wildman–Crippen LogP) is 3.20. The normalized spacial score (nSPS) is 16.1. The molecule has 168 valence electrons. The molecule has 1 aliphatic rings. The first kappa shape index (κ1) is 22.9. The number of nitrogens with zero attached hydrogens (tertiary/aromatic N) is 2. The minimum Gasteiger partial charge on any atom is -0.468 e. The van der Waals surface area contributed by atoms with Crippen molar-refractivity contribution in [1.82, 2.24) is 9.29 Å². The van der Waals surface area contributed by atoms with Gasteiger partial charge in [-0.25, -0.2) is 17.8 Å². The lowest BCUT2D eigenvalue weighted by atomic mass is 9.97. The van der Waals surface area contributed by atoms with Gasteiger partial charge in [0.2, 0.25) is 21.8 Å². The Morgan fingerprint density at radius 3 is 2.42 bits per heavy atom. The van der Waals surface area contributed by atoms with E-state index in [1.165, 1.54) is 36.5 Å². The van der Waals surface area contributed by atoms with Crippen LogP contribution in [0.2, 0.25) is 0 Å². The van der Waals surface area contributed by atoms with Gasteiger partial charge < -0.3 is 10.1 Å². The topological polar surface area (TPSA) is 88.6 Å². The Morgan fingerprint density at radius 1 is 1.16 bits per heavy atom. The number of piperidine rings is 1. The SMILES string of the molecule is O=C(Nc1ccc(OCC(F)(F)F)nc1)C1CCN(S(=O)(=O)c2ccccc2F)CC1. The Kier molecular flexibility index (Phi) is 6.80. The van der Waals surface area contributed by atoms with Crippen molar-refractivity contribution in [1.29, 1.82) is 0 Å². The Hall–Kier alpha value is -2.73. The van der Waals surface area contributed by atoms with E-state index in [-0.39, 0.29) is 43.4 Å². The molecule has 1 aromatic heterocycles. The van der Waals surface area contributed by atoms with Gasteiger partial charge in [-0.05, 0) is 31.0 Å². The lowest BCUT2D eigenvalue weighted by Gasteiger charge is -2.30. The third-order valence-electron chi connectivity index (χ3n) is 4.67. The summed E-state index contributed by atoms with van der Waals surface area (Å²) in [5.74, 6) is -1.92. The van der Waals surface area contributed by atoms with Gasteiger partial charge in [0.25, 0.3) is 0 Å². The molecule has 3 rings (SSSR count). The Labute approximate surface area is 176 Å². The summed E-state index contributed by atoms with van der Waals surface area (Å²) in [6.07, 6.45) is -2.84. The molecular weight excluding hydrogens is 442 g/mol.